The first-order valence-corrected chi connectivity index (χ1v) is 13.6. The zero-order valence-corrected chi connectivity index (χ0v) is 19.1. The van der Waals surface area contributed by atoms with Crippen LogP contribution in [0.4, 0.5) is 0 Å². The van der Waals surface area contributed by atoms with E-state index >= 15 is 0 Å². The monoisotopic (exact) mass is 406 g/mol. The van der Waals surface area contributed by atoms with Crippen molar-refractivity contribution >= 4 is 30.1 Å². The molecule has 0 aliphatic carbocycles. The Labute approximate surface area is 159 Å². The summed E-state index contributed by atoms with van der Waals surface area (Å²) in [5, 5.41) is 2.57. The number of hydrogen-bond acceptors (Lipinski definition) is 5. The maximum absolute atomic E-state index is 12.5. The Morgan fingerprint density at radius 2 is 1.81 bits per heavy atom. The molecule has 0 saturated carbocycles. The van der Waals surface area contributed by atoms with Crippen LogP contribution >= 0.6 is 0 Å². The summed E-state index contributed by atoms with van der Waals surface area (Å²) in [6.07, 6.45) is 0.546. The number of nitrogens with zero attached hydrogens (tertiary/aromatic N) is 1. The molecular weight excluding hydrogens is 372 g/mol. The predicted molar refractivity (Wildman–Crippen MR) is 105 cm³/mol. The average Bonchev–Trinajstić information content (AvgIpc) is 2.42. The van der Waals surface area contributed by atoms with E-state index < -0.39 is 30.3 Å². The second-order valence-corrected chi connectivity index (χ2v) is 16.3. The molecule has 1 amide bonds. The van der Waals surface area contributed by atoms with Crippen LogP contribution in [0.3, 0.4) is 0 Å². The van der Waals surface area contributed by atoms with Gasteiger partial charge in [0, 0.05) is 12.5 Å². The van der Waals surface area contributed by atoms with E-state index in [-0.39, 0.29) is 35.1 Å². The summed E-state index contributed by atoms with van der Waals surface area (Å²) < 4.78 is 31.1. The zero-order valence-electron chi connectivity index (χ0n) is 17.3. The number of rotatable bonds is 7. The van der Waals surface area contributed by atoms with Crippen LogP contribution in [0.25, 0.3) is 0 Å². The van der Waals surface area contributed by atoms with Crippen molar-refractivity contribution in [3.63, 3.8) is 0 Å². The Balaban J connectivity index is 2.87. The van der Waals surface area contributed by atoms with Crippen LogP contribution in [-0.2, 0) is 24.3 Å². The fourth-order valence-corrected chi connectivity index (χ4v) is 10.1. The number of carbonyl (C=O) groups is 2. The number of esters is 1. The summed E-state index contributed by atoms with van der Waals surface area (Å²) in [5.41, 5.74) is 0. The van der Waals surface area contributed by atoms with Crippen LogP contribution in [-0.4, -0.2) is 57.4 Å². The van der Waals surface area contributed by atoms with Gasteiger partial charge in [-0.3, -0.25) is 4.79 Å². The third kappa shape index (κ3) is 5.07. The highest BCUT2D eigenvalue weighted by Crippen LogP contribution is 2.44. The van der Waals surface area contributed by atoms with Crippen LogP contribution in [0.2, 0.25) is 18.1 Å². The second kappa shape index (κ2) is 7.98. The molecule has 1 heterocycles. The van der Waals surface area contributed by atoms with Crippen molar-refractivity contribution in [1.29, 1.82) is 0 Å². The van der Waals surface area contributed by atoms with E-state index in [0.717, 1.165) is 0 Å². The van der Waals surface area contributed by atoms with Gasteiger partial charge in [-0.2, -0.15) is 0 Å². The number of methoxy groups -OCH3 is 1. The van der Waals surface area contributed by atoms with Crippen LogP contribution in [0, 0.1) is 5.92 Å². The minimum atomic E-state index is -3.30. The van der Waals surface area contributed by atoms with E-state index in [1.54, 1.807) is 3.97 Å². The molecule has 0 radical (unpaired) electrons. The van der Waals surface area contributed by atoms with Crippen molar-refractivity contribution in [3.8, 4) is 0 Å². The molecule has 1 aliphatic heterocycles. The molecule has 152 valence electrons. The first kappa shape index (κ1) is 23.1. The summed E-state index contributed by atoms with van der Waals surface area (Å²) in [7, 11) is -4.32. The summed E-state index contributed by atoms with van der Waals surface area (Å²) in [4.78, 5) is 24.3. The number of carbonyl (C=O) groups excluding carboxylic acids is 2. The van der Waals surface area contributed by atoms with Crippen LogP contribution in [0.5, 0.6) is 0 Å². The molecule has 1 rings (SSSR count). The van der Waals surface area contributed by atoms with Crippen LogP contribution in [0.15, 0.2) is 0 Å². The van der Waals surface area contributed by atoms with Gasteiger partial charge in [0.15, 0.2) is 0 Å². The van der Waals surface area contributed by atoms with E-state index in [1.165, 1.54) is 7.11 Å². The molecule has 1 unspecified atom stereocenters. The van der Waals surface area contributed by atoms with E-state index in [0.29, 0.717) is 6.42 Å². The largest absolute Gasteiger partial charge is 0.467 e. The molecule has 1 aliphatic rings. The standard InChI is InChI=1S/C17H34N2O5SSi/c1-12(2)9-14(16(21)24-6)18-15(20)10-13-11-25(22,23)19(13)26(7,8)17(3,4)5/h12-14H,9-11H2,1-8H3,(H,18,20)/t13?,14-/m0/s1. The normalized spacial score (nSPS) is 21.8. The van der Waals surface area contributed by atoms with E-state index in [2.05, 4.69) is 5.32 Å². The molecular formula is C17H34N2O5SSi. The lowest BCUT2D eigenvalue weighted by atomic mass is 10.0. The SMILES string of the molecule is COC(=O)[C@H](CC(C)C)NC(=O)CC1CS(=O)(=O)N1[Si](C)(C)C(C)(C)C. The fourth-order valence-electron chi connectivity index (χ4n) is 3.10. The van der Waals surface area contributed by atoms with Gasteiger partial charge in [-0.1, -0.05) is 47.7 Å². The van der Waals surface area contributed by atoms with Crippen molar-refractivity contribution in [2.75, 3.05) is 12.9 Å². The summed E-state index contributed by atoms with van der Waals surface area (Å²) in [6, 6.07) is -1.04. The van der Waals surface area contributed by atoms with Gasteiger partial charge in [0.25, 0.3) is 0 Å². The minimum Gasteiger partial charge on any atom is -0.467 e. The van der Waals surface area contributed by atoms with Gasteiger partial charge < -0.3 is 10.1 Å². The van der Waals surface area contributed by atoms with Gasteiger partial charge >= 0.3 is 5.97 Å². The summed E-state index contributed by atoms with van der Waals surface area (Å²) in [5.74, 6) is -0.591. The average molecular weight is 407 g/mol. The molecule has 1 saturated heterocycles. The molecule has 0 aromatic heterocycles. The quantitative estimate of drug-likeness (QED) is 0.516. The van der Waals surface area contributed by atoms with Gasteiger partial charge in [-0.05, 0) is 17.4 Å². The van der Waals surface area contributed by atoms with Crippen molar-refractivity contribution in [2.45, 2.75) is 77.7 Å². The molecule has 1 N–H and O–H groups in total. The maximum Gasteiger partial charge on any atom is 0.328 e. The number of nitrogens with one attached hydrogen (secondary N) is 1. The van der Waals surface area contributed by atoms with Crippen LogP contribution < -0.4 is 5.32 Å². The molecule has 1 fully saturated rings. The van der Waals surface area contributed by atoms with Gasteiger partial charge in [0.05, 0.1) is 12.9 Å². The number of amides is 1. The lowest BCUT2D eigenvalue weighted by Crippen LogP contribution is -2.70. The smallest absolute Gasteiger partial charge is 0.328 e. The Hall–Kier alpha value is -0.933. The van der Waals surface area contributed by atoms with Gasteiger partial charge in [0.1, 0.15) is 14.3 Å². The molecule has 0 spiro atoms. The van der Waals surface area contributed by atoms with Crippen molar-refractivity contribution in [1.82, 2.24) is 9.29 Å². The third-order valence-electron chi connectivity index (χ3n) is 5.37. The van der Waals surface area contributed by atoms with E-state index in [9.17, 15) is 18.0 Å². The number of hydrogen-bond donors (Lipinski definition) is 1. The molecule has 0 bridgehead atoms. The highest BCUT2D eigenvalue weighted by molar-refractivity contribution is 7.91. The van der Waals surface area contributed by atoms with Gasteiger partial charge in [-0.25, -0.2) is 17.2 Å². The van der Waals surface area contributed by atoms with Gasteiger partial charge in [-0.15, -0.1) is 0 Å². The molecule has 0 aromatic rings. The van der Waals surface area contributed by atoms with Crippen LogP contribution in [0.1, 0.15) is 47.5 Å². The minimum absolute atomic E-state index is 0.0139. The Morgan fingerprint density at radius 3 is 2.19 bits per heavy atom. The number of ether oxygens (including phenoxy) is 1. The summed E-state index contributed by atoms with van der Waals surface area (Å²) >= 11 is 0. The maximum atomic E-state index is 12.5. The van der Waals surface area contributed by atoms with E-state index in [1.807, 2.05) is 47.7 Å². The first-order valence-electron chi connectivity index (χ1n) is 9.03. The molecule has 2 atom stereocenters. The Kier molecular flexibility index (Phi) is 7.09. The topological polar surface area (TPSA) is 92.8 Å². The van der Waals surface area contributed by atoms with Gasteiger partial charge in [0.2, 0.25) is 15.9 Å². The Bertz CT molecular complexity index is 640. The molecule has 7 nitrogen and oxygen atoms in total. The number of sulfonamides is 1. The summed E-state index contributed by atoms with van der Waals surface area (Å²) in [6.45, 7) is 14.1. The Morgan fingerprint density at radius 1 is 1.27 bits per heavy atom. The van der Waals surface area contributed by atoms with Crippen molar-refractivity contribution in [2.24, 2.45) is 5.92 Å². The fraction of sp³-hybridized carbons (Fsp3) is 0.882. The highest BCUT2D eigenvalue weighted by Gasteiger charge is 2.56. The molecule has 9 heteroatoms. The predicted octanol–water partition coefficient (Wildman–Crippen LogP) is 2.10. The zero-order chi connectivity index (χ0) is 20.5. The second-order valence-electron chi connectivity index (χ2n) is 9.01. The third-order valence-corrected chi connectivity index (χ3v) is 14.4. The van der Waals surface area contributed by atoms with Crippen molar-refractivity contribution < 1.29 is 22.7 Å². The molecule has 26 heavy (non-hydrogen) atoms. The first-order chi connectivity index (χ1) is 11.6. The van der Waals surface area contributed by atoms with Crippen molar-refractivity contribution in [3.05, 3.63) is 0 Å². The van der Waals surface area contributed by atoms with E-state index in [4.69, 9.17) is 4.74 Å². The lowest BCUT2D eigenvalue weighted by Gasteiger charge is -2.53. The highest BCUT2D eigenvalue weighted by atomic mass is 32.2. The lowest BCUT2D eigenvalue weighted by molar-refractivity contribution is -0.145. The molecule has 0 aromatic carbocycles.